The third-order valence-electron chi connectivity index (χ3n) is 0.430. The number of hydrogen-bond donors (Lipinski definition) is 0. The van der Waals surface area contributed by atoms with Crippen LogP contribution in [0.1, 0.15) is 0 Å². The molecule has 0 radical (unpaired) electrons. The fourth-order valence-corrected chi connectivity index (χ4v) is 2.03. The van der Waals surface area contributed by atoms with Crippen molar-refractivity contribution in [2.75, 3.05) is 0 Å². The molecule has 0 saturated heterocycles. The van der Waals surface area contributed by atoms with Crippen molar-refractivity contribution in [1.82, 2.24) is 0 Å². The maximum atomic E-state index is 10.6. The molecule has 0 aromatic carbocycles. The van der Waals surface area contributed by atoms with Gasteiger partial charge in [0, 0.05) is 0 Å². The summed E-state index contributed by atoms with van der Waals surface area (Å²) in [6, 6.07) is 0. The first kappa shape index (κ1) is 9.40. The molecule has 0 saturated carbocycles. The summed E-state index contributed by atoms with van der Waals surface area (Å²) >= 11 is 14.2. The molecule has 0 heterocycles. The first-order valence-electron chi connectivity index (χ1n) is 1.65. The Hall–Kier alpha value is 1.40. The SMILES string of the molecule is O=C(C(Cl)Br)C(Br)Br. The van der Waals surface area contributed by atoms with E-state index in [1.165, 1.54) is 0 Å². The summed E-state index contributed by atoms with van der Waals surface area (Å²) in [7, 11) is 0. The standard InChI is InChI=1S/C3H2Br3ClO/c4-2(5)1(8)3(6)7/h2-3H. The van der Waals surface area contributed by atoms with Gasteiger partial charge in [-0.3, -0.25) is 4.79 Å². The second kappa shape index (κ2) is 4.25. The van der Waals surface area contributed by atoms with Crippen LogP contribution >= 0.6 is 59.4 Å². The maximum Gasteiger partial charge on any atom is 0.185 e. The number of Topliss-reactive ketones (excluding diaryl/α,β-unsaturated/α-hetero) is 1. The van der Waals surface area contributed by atoms with Crippen LogP contribution in [-0.4, -0.2) is 13.8 Å². The number of ketones is 1. The highest BCUT2D eigenvalue weighted by atomic mass is 79.9. The Bertz CT molecular complexity index is 82.5. The van der Waals surface area contributed by atoms with Crippen LogP contribution in [0, 0.1) is 0 Å². The molecule has 1 unspecified atom stereocenters. The number of carbonyl (C=O) groups is 1. The van der Waals surface area contributed by atoms with Crippen molar-refractivity contribution in [2.45, 2.75) is 8.02 Å². The van der Waals surface area contributed by atoms with Crippen LogP contribution in [0.4, 0.5) is 0 Å². The Labute approximate surface area is 77.5 Å². The van der Waals surface area contributed by atoms with Crippen molar-refractivity contribution in [1.29, 1.82) is 0 Å². The zero-order chi connectivity index (χ0) is 6.73. The molecule has 0 N–H and O–H groups in total. The second-order valence-electron chi connectivity index (χ2n) is 1.00. The van der Waals surface area contributed by atoms with Crippen LogP contribution < -0.4 is 0 Å². The molecule has 0 aliphatic heterocycles. The highest BCUT2D eigenvalue weighted by Gasteiger charge is 2.17. The molecular formula is C3H2Br3ClO. The van der Waals surface area contributed by atoms with Gasteiger partial charge in [-0.15, -0.1) is 11.6 Å². The molecule has 0 amide bonds. The molecular weight excluding hydrogens is 327 g/mol. The van der Waals surface area contributed by atoms with Crippen molar-refractivity contribution in [3.8, 4) is 0 Å². The number of alkyl halides is 4. The maximum absolute atomic E-state index is 10.6. The van der Waals surface area contributed by atoms with Gasteiger partial charge < -0.3 is 0 Å². The molecule has 0 spiro atoms. The zero-order valence-corrected chi connectivity index (χ0v) is 9.09. The number of rotatable bonds is 2. The van der Waals surface area contributed by atoms with Crippen molar-refractivity contribution < 1.29 is 4.79 Å². The van der Waals surface area contributed by atoms with Crippen molar-refractivity contribution in [2.24, 2.45) is 0 Å². The van der Waals surface area contributed by atoms with E-state index in [9.17, 15) is 4.79 Å². The van der Waals surface area contributed by atoms with Gasteiger partial charge in [-0.05, 0) is 0 Å². The minimum absolute atomic E-state index is 0.133. The molecule has 0 rings (SSSR count). The lowest BCUT2D eigenvalue weighted by atomic mass is 10.5. The summed E-state index contributed by atoms with van der Waals surface area (Å²) in [4.78, 5) is 10.6. The lowest BCUT2D eigenvalue weighted by Gasteiger charge is -1.98. The molecule has 48 valence electrons. The van der Waals surface area contributed by atoms with Crippen molar-refractivity contribution in [3.05, 3.63) is 0 Å². The third kappa shape index (κ3) is 3.43. The summed E-state index contributed by atoms with van der Waals surface area (Å²) in [6.45, 7) is 0. The predicted octanol–water partition coefficient (Wildman–Crippen LogP) is 2.63. The van der Waals surface area contributed by atoms with E-state index in [0.29, 0.717) is 0 Å². The highest BCUT2D eigenvalue weighted by molar-refractivity contribution is 9.25. The van der Waals surface area contributed by atoms with E-state index in [-0.39, 0.29) is 9.52 Å². The lowest BCUT2D eigenvalue weighted by molar-refractivity contribution is -0.115. The van der Waals surface area contributed by atoms with Crippen molar-refractivity contribution >= 4 is 65.2 Å². The minimum atomic E-state index is -0.605. The van der Waals surface area contributed by atoms with E-state index in [1.54, 1.807) is 0 Å². The minimum Gasteiger partial charge on any atom is -0.295 e. The van der Waals surface area contributed by atoms with Crippen LogP contribution in [0.15, 0.2) is 0 Å². The Balaban J connectivity index is 3.65. The summed E-state index contributed by atoms with van der Waals surface area (Å²) in [5.41, 5.74) is 0. The predicted molar refractivity (Wildman–Crippen MR) is 45.2 cm³/mol. The van der Waals surface area contributed by atoms with E-state index in [0.717, 1.165) is 0 Å². The smallest absolute Gasteiger partial charge is 0.185 e. The molecule has 0 aliphatic rings. The second-order valence-corrected chi connectivity index (χ2v) is 5.94. The van der Waals surface area contributed by atoms with E-state index < -0.39 is 4.29 Å². The molecule has 8 heavy (non-hydrogen) atoms. The summed E-state index contributed by atoms with van der Waals surface area (Å²) in [5.74, 6) is -0.133. The quantitative estimate of drug-likeness (QED) is 0.712. The van der Waals surface area contributed by atoms with E-state index in [2.05, 4.69) is 47.8 Å². The van der Waals surface area contributed by atoms with Gasteiger partial charge in [-0.25, -0.2) is 0 Å². The Morgan fingerprint density at radius 2 is 1.75 bits per heavy atom. The molecule has 1 nitrogen and oxygen atoms in total. The fourth-order valence-electron chi connectivity index (χ4n) is 0.0952. The van der Waals surface area contributed by atoms with E-state index in [1.807, 2.05) is 0 Å². The van der Waals surface area contributed by atoms with Gasteiger partial charge in [0.15, 0.2) is 5.78 Å². The number of halogens is 4. The molecule has 5 heteroatoms. The van der Waals surface area contributed by atoms with Gasteiger partial charge >= 0.3 is 0 Å². The molecule has 0 fully saturated rings. The van der Waals surface area contributed by atoms with Gasteiger partial charge in [0.1, 0.15) is 8.02 Å². The first-order chi connectivity index (χ1) is 3.55. The third-order valence-corrected chi connectivity index (χ3v) is 2.00. The van der Waals surface area contributed by atoms with Gasteiger partial charge in [-0.1, -0.05) is 47.8 Å². The monoisotopic (exact) mass is 326 g/mol. The highest BCUT2D eigenvalue weighted by Crippen LogP contribution is 2.17. The molecule has 0 aromatic rings. The Kier molecular flexibility index (Phi) is 5.00. The Morgan fingerprint density at radius 1 is 1.38 bits per heavy atom. The first-order valence-corrected chi connectivity index (χ1v) is 4.84. The number of hydrogen-bond acceptors (Lipinski definition) is 1. The van der Waals surface area contributed by atoms with Crippen LogP contribution in [0.5, 0.6) is 0 Å². The molecule has 0 bridgehead atoms. The van der Waals surface area contributed by atoms with Crippen molar-refractivity contribution in [3.63, 3.8) is 0 Å². The van der Waals surface area contributed by atoms with Gasteiger partial charge in [-0.2, -0.15) is 0 Å². The summed E-state index contributed by atoms with van der Waals surface area (Å²) < 4.78 is -0.955. The lowest BCUT2D eigenvalue weighted by Crippen LogP contribution is -2.13. The van der Waals surface area contributed by atoms with Crippen LogP contribution in [0.2, 0.25) is 0 Å². The van der Waals surface area contributed by atoms with Gasteiger partial charge in [0.05, 0.1) is 0 Å². The topological polar surface area (TPSA) is 17.1 Å². The zero-order valence-electron chi connectivity index (χ0n) is 3.57. The van der Waals surface area contributed by atoms with E-state index in [4.69, 9.17) is 11.6 Å². The largest absolute Gasteiger partial charge is 0.295 e. The van der Waals surface area contributed by atoms with Crippen LogP contribution in [0.25, 0.3) is 0 Å². The fraction of sp³-hybridized carbons (Fsp3) is 0.667. The average Bonchev–Trinajstić information content (AvgIpc) is 1.64. The average molecular weight is 329 g/mol. The van der Waals surface area contributed by atoms with Gasteiger partial charge in [0.2, 0.25) is 0 Å². The normalized spacial score (nSPS) is 14.1. The molecule has 1 atom stereocenters. The summed E-state index contributed by atoms with van der Waals surface area (Å²) in [6.07, 6.45) is 0. The molecule has 0 aromatic heterocycles. The number of carbonyl (C=O) groups excluding carboxylic acids is 1. The van der Waals surface area contributed by atoms with Crippen LogP contribution in [0.3, 0.4) is 0 Å². The van der Waals surface area contributed by atoms with Crippen LogP contribution in [-0.2, 0) is 4.79 Å². The summed E-state index contributed by atoms with van der Waals surface area (Å²) in [5, 5.41) is 0. The van der Waals surface area contributed by atoms with Gasteiger partial charge in [0.25, 0.3) is 0 Å². The van der Waals surface area contributed by atoms with E-state index >= 15 is 0 Å². The molecule has 0 aliphatic carbocycles. The Morgan fingerprint density at radius 3 is 1.75 bits per heavy atom.